The van der Waals surface area contributed by atoms with Gasteiger partial charge in [0.25, 0.3) is 0 Å². The van der Waals surface area contributed by atoms with E-state index in [2.05, 4.69) is 17.7 Å². The lowest BCUT2D eigenvalue weighted by molar-refractivity contribution is -0.126. The molecule has 1 amide bonds. The molecule has 1 aliphatic rings. The van der Waals surface area contributed by atoms with Gasteiger partial charge in [-0.15, -0.1) is 0 Å². The Hall–Kier alpha value is -0.220. The smallest absolute Gasteiger partial charge is 0.232 e. The molecule has 0 radical (unpaired) electrons. The molecule has 0 atom stereocenters. The minimum atomic E-state index is 0.148. The van der Waals surface area contributed by atoms with Gasteiger partial charge in [0.15, 0.2) is 0 Å². The summed E-state index contributed by atoms with van der Waals surface area (Å²) in [5.41, 5.74) is 0. The van der Waals surface area contributed by atoms with Crippen LogP contribution in [0.15, 0.2) is 0 Å². The molecule has 82 valence electrons. The van der Waals surface area contributed by atoms with E-state index in [1.807, 2.05) is 6.92 Å². The number of carbonyl (C=O) groups is 1. The molecule has 14 heavy (non-hydrogen) atoms. The van der Waals surface area contributed by atoms with Crippen LogP contribution in [-0.2, 0) is 4.79 Å². The molecule has 0 aromatic heterocycles. The summed E-state index contributed by atoms with van der Waals surface area (Å²) in [4.78, 5) is 13.8. The van der Waals surface area contributed by atoms with Crippen molar-refractivity contribution in [3.8, 4) is 0 Å². The Kier molecular flexibility index (Phi) is 5.33. The predicted molar refractivity (Wildman–Crippen MR) is 61.3 cm³/mol. The van der Waals surface area contributed by atoms with E-state index in [-0.39, 0.29) is 5.91 Å². The maximum absolute atomic E-state index is 11.4. The van der Waals surface area contributed by atoms with Crippen molar-refractivity contribution >= 4 is 18.7 Å². The number of rotatable bonds is 5. The highest BCUT2D eigenvalue weighted by Crippen LogP contribution is 2.08. The van der Waals surface area contributed by atoms with Crippen LogP contribution in [0.3, 0.4) is 0 Å². The fraction of sp³-hybridized carbons (Fsp3) is 0.900. The molecule has 1 fully saturated rings. The van der Waals surface area contributed by atoms with Crippen LogP contribution < -0.4 is 0 Å². The third-order valence-corrected chi connectivity index (χ3v) is 3.00. The molecule has 0 bridgehead atoms. The van der Waals surface area contributed by atoms with Crippen molar-refractivity contribution in [1.29, 1.82) is 0 Å². The first-order chi connectivity index (χ1) is 6.74. The average Bonchev–Trinajstić information content (AvgIpc) is 2.67. The van der Waals surface area contributed by atoms with Crippen LogP contribution in [0.25, 0.3) is 0 Å². The topological polar surface area (TPSA) is 23.6 Å². The largest absolute Gasteiger partial charge is 0.302 e. The molecular formula is C10H20N2OS. The molecule has 0 aromatic rings. The number of carbonyl (C=O) groups excluding carboxylic acids is 1. The van der Waals surface area contributed by atoms with Gasteiger partial charge in [-0.2, -0.15) is 0 Å². The van der Waals surface area contributed by atoms with E-state index in [1.165, 1.54) is 25.9 Å². The predicted octanol–water partition coefficient (Wildman–Crippen LogP) is 1.56. The van der Waals surface area contributed by atoms with Gasteiger partial charge in [-0.3, -0.25) is 9.10 Å². The van der Waals surface area contributed by atoms with Gasteiger partial charge >= 0.3 is 0 Å². The molecule has 0 aliphatic carbocycles. The van der Waals surface area contributed by atoms with Crippen molar-refractivity contribution in [2.75, 3.05) is 26.2 Å². The van der Waals surface area contributed by atoms with E-state index in [1.54, 1.807) is 4.31 Å². The lowest BCUT2D eigenvalue weighted by atomic mass is 10.3. The minimum absolute atomic E-state index is 0.148. The number of hydrogen-bond acceptors (Lipinski definition) is 3. The standard InChI is InChI=1S/C10H20N2OS/c1-2-5-10(13)12(14)9-8-11-6-3-4-7-11/h14H,2-9H2,1H3. The molecular weight excluding hydrogens is 196 g/mol. The Morgan fingerprint density at radius 1 is 1.43 bits per heavy atom. The maximum atomic E-state index is 11.4. The van der Waals surface area contributed by atoms with E-state index in [9.17, 15) is 4.79 Å². The van der Waals surface area contributed by atoms with Crippen LogP contribution >= 0.6 is 12.8 Å². The highest BCUT2D eigenvalue weighted by Gasteiger charge is 2.14. The lowest BCUT2D eigenvalue weighted by Gasteiger charge is -2.20. The van der Waals surface area contributed by atoms with Crippen molar-refractivity contribution in [1.82, 2.24) is 9.21 Å². The van der Waals surface area contributed by atoms with Crippen LogP contribution in [0.4, 0.5) is 0 Å². The Labute approximate surface area is 92.0 Å². The van der Waals surface area contributed by atoms with Crippen LogP contribution in [0, 0.1) is 0 Å². The minimum Gasteiger partial charge on any atom is -0.302 e. The monoisotopic (exact) mass is 216 g/mol. The Bertz CT molecular complexity index is 181. The van der Waals surface area contributed by atoms with E-state index in [0.29, 0.717) is 6.42 Å². The maximum Gasteiger partial charge on any atom is 0.232 e. The number of thiol groups is 1. The number of hydrogen-bond donors (Lipinski definition) is 1. The van der Waals surface area contributed by atoms with Gasteiger partial charge in [0.05, 0.1) is 0 Å². The first-order valence-corrected chi connectivity index (χ1v) is 5.85. The SMILES string of the molecule is CCCC(=O)N(S)CCN1CCCC1. The molecule has 0 saturated carbocycles. The van der Waals surface area contributed by atoms with Crippen LogP contribution in [0.5, 0.6) is 0 Å². The van der Waals surface area contributed by atoms with E-state index >= 15 is 0 Å². The summed E-state index contributed by atoms with van der Waals surface area (Å²) in [6, 6.07) is 0. The molecule has 0 N–H and O–H groups in total. The Morgan fingerprint density at radius 3 is 2.64 bits per heavy atom. The van der Waals surface area contributed by atoms with Crippen molar-refractivity contribution in [2.45, 2.75) is 32.6 Å². The Morgan fingerprint density at radius 2 is 2.07 bits per heavy atom. The molecule has 3 nitrogen and oxygen atoms in total. The number of amides is 1. The van der Waals surface area contributed by atoms with E-state index in [0.717, 1.165) is 19.5 Å². The lowest BCUT2D eigenvalue weighted by Crippen LogP contribution is -2.32. The van der Waals surface area contributed by atoms with Crippen molar-refractivity contribution in [2.24, 2.45) is 0 Å². The molecule has 1 heterocycles. The van der Waals surface area contributed by atoms with Crippen molar-refractivity contribution in [3.63, 3.8) is 0 Å². The normalized spacial score (nSPS) is 17.3. The summed E-state index contributed by atoms with van der Waals surface area (Å²) in [6.45, 7) is 6.11. The van der Waals surface area contributed by atoms with E-state index < -0.39 is 0 Å². The van der Waals surface area contributed by atoms with Gasteiger partial charge in [-0.1, -0.05) is 19.7 Å². The van der Waals surface area contributed by atoms with Gasteiger partial charge in [0.1, 0.15) is 0 Å². The zero-order valence-corrected chi connectivity index (χ0v) is 9.80. The van der Waals surface area contributed by atoms with Gasteiger partial charge in [-0.05, 0) is 32.4 Å². The number of nitrogens with zero attached hydrogens (tertiary/aromatic N) is 2. The third-order valence-electron chi connectivity index (χ3n) is 2.58. The molecule has 0 spiro atoms. The second-order valence-corrected chi connectivity index (χ2v) is 4.30. The first-order valence-electron chi connectivity index (χ1n) is 5.45. The summed E-state index contributed by atoms with van der Waals surface area (Å²) in [5.74, 6) is 0.148. The van der Waals surface area contributed by atoms with Crippen molar-refractivity contribution in [3.05, 3.63) is 0 Å². The molecule has 1 rings (SSSR count). The summed E-state index contributed by atoms with van der Waals surface area (Å²) < 4.78 is 1.56. The average molecular weight is 216 g/mol. The fourth-order valence-corrected chi connectivity index (χ4v) is 1.90. The van der Waals surface area contributed by atoms with Gasteiger partial charge in [-0.25, -0.2) is 0 Å². The summed E-state index contributed by atoms with van der Waals surface area (Å²) in [5, 5.41) is 0. The summed E-state index contributed by atoms with van der Waals surface area (Å²) >= 11 is 4.19. The van der Waals surface area contributed by atoms with Crippen LogP contribution in [0.2, 0.25) is 0 Å². The van der Waals surface area contributed by atoms with Crippen molar-refractivity contribution < 1.29 is 4.79 Å². The zero-order valence-electron chi connectivity index (χ0n) is 8.91. The Balaban J connectivity index is 2.13. The third kappa shape index (κ3) is 3.88. The van der Waals surface area contributed by atoms with E-state index in [4.69, 9.17) is 0 Å². The first kappa shape index (κ1) is 11.9. The summed E-state index contributed by atoms with van der Waals surface area (Å²) in [7, 11) is 0. The molecule has 1 aliphatic heterocycles. The highest BCUT2D eigenvalue weighted by atomic mass is 32.1. The molecule has 1 saturated heterocycles. The highest BCUT2D eigenvalue weighted by molar-refractivity contribution is 7.78. The fourth-order valence-electron chi connectivity index (χ4n) is 1.71. The second-order valence-electron chi connectivity index (χ2n) is 3.82. The van der Waals surface area contributed by atoms with Crippen LogP contribution in [0.1, 0.15) is 32.6 Å². The van der Waals surface area contributed by atoms with Gasteiger partial charge in [0.2, 0.25) is 5.91 Å². The molecule has 0 unspecified atom stereocenters. The van der Waals surface area contributed by atoms with Gasteiger partial charge < -0.3 is 4.90 Å². The quantitative estimate of drug-likeness (QED) is 0.705. The second kappa shape index (κ2) is 6.30. The number of likely N-dealkylation sites (tertiary alicyclic amines) is 1. The summed E-state index contributed by atoms with van der Waals surface area (Å²) in [6.07, 6.45) is 4.12. The zero-order chi connectivity index (χ0) is 10.4. The molecule has 4 heteroatoms. The molecule has 0 aromatic carbocycles. The van der Waals surface area contributed by atoms with Crippen LogP contribution in [-0.4, -0.2) is 41.3 Å². The van der Waals surface area contributed by atoms with Gasteiger partial charge in [0, 0.05) is 19.5 Å².